The molecule has 7 nitrogen and oxygen atoms in total. The number of aromatic hydroxyl groups is 2. The van der Waals surface area contributed by atoms with Gasteiger partial charge in [-0.1, -0.05) is 6.07 Å². The van der Waals surface area contributed by atoms with E-state index >= 15 is 0 Å². The Morgan fingerprint density at radius 1 is 1.44 bits per heavy atom. The number of aromatic amines is 1. The van der Waals surface area contributed by atoms with Crippen LogP contribution in [-0.4, -0.2) is 26.3 Å². The molecule has 0 unspecified atom stereocenters. The summed E-state index contributed by atoms with van der Waals surface area (Å²) >= 11 is 0. The number of anilines is 1. The van der Waals surface area contributed by atoms with E-state index in [2.05, 4.69) is 15.5 Å². The van der Waals surface area contributed by atoms with Gasteiger partial charge in [0.05, 0.1) is 11.8 Å². The highest BCUT2D eigenvalue weighted by molar-refractivity contribution is 6.06. The van der Waals surface area contributed by atoms with Gasteiger partial charge in [0.15, 0.2) is 11.5 Å². The Bertz CT molecular complexity index is 642. The van der Waals surface area contributed by atoms with E-state index in [0.29, 0.717) is 0 Å². The standard InChI is InChI=1S/C11H8N4O3/c12-4-6-5-13-15-10(6)14-11(18)7-2-1-3-8(16)9(7)17/h1-3,5,16-17H,(H2,13,14,15,18). The van der Waals surface area contributed by atoms with E-state index in [-0.39, 0.29) is 16.9 Å². The highest BCUT2D eigenvalue weighted by Crippen LogP contribution is 2.28. The molecule has 0 saturated carbocycles. The minimum absolute atomic E-state index is 0.103. The molecule has 18 heavy (non-hydrogen) atoms. The number of para-hydroxylation sites is 1. The van der Waals surface area contributed by atoms with Crippen LogP contribution in [0.3, 0.4) is 0 Å². The van der Waals surface area contributed by atoms with Crippen molar-refractivity contribution in [1.82, 2.24) is 10.2 Å². The van der Waals surface area contributed by atoms with Gasteiger partial charge in [-0.2, -0.15) is 10.4 Å². The average molecular weight is 244 g/mol. The first-order chi connectivity index (χ1) is 8.63. The Morgan fingerprint density at radius 2 is 2.22 bits per heavy atom. The number of hydrogen-bond acceptors (Lipinski definition) is 5. The minimum atomic E-state index is -0.663. The van der Waals surface area contributed by atoms with Crippen LogP contribution in [0.25, 0.3) is 0 Å². The lowest BCUT2D eigenvalue weighted by Gasteiger charge is -2.06. The topological polar surface area (TPSA) is 122 Å². The van der Waals surface area contributed by atoms with Gasteiger partial charge in [0.2, 0.25) is 0 Å². The number of phenolic OH excluding ortho intramolecular Hbond substituents is 2. The van der Waals surface area contributed by atoms with Crippen LogP contribution in [-0.2, 0) is 0 Å². The zero-order valence-electron chi connectivity index (χ0n) is 9.01. The lowest BCUT2D eigenvalue weighted by Crippen LogP contribution is -2.13. The summed E-state index contributed by atoms with van der Waals surface area (Å²) in [4.78, 5) is 11.8. The average Bonchev–Trinajstić information content (AvgIpc) is 2.79. The van der Waals surface area contributed by atoms with Crippen molar-refractivity contribution in [3.63, 3.8) is 0 Å². The molecule has 1 amide bonds. The second kappa shape index (κ2) is 4.47. The van der Waals surface area contributed by atoms with Gasteiger partial charge in [-0.3, -0.25) is 9.89 Å². The quantitative estimate of drug-likeness (QED) is 0.585. The second-order valence-electron chi connectivity index (χ2n) is 3.40. The van der Waals surface area contributed by atoms with Gasteiger partial charge in [-0.15, -0.1) is 0 Å². The van der Waals surface area contributed by atoms with Gasteiger partial charge in [-0.05, 0) is 12.1 Å². The number of H-pyrrole nitrogens is 1. The van der Waals surface area contributed by atoms with Gasteiger partial charge in [0.1, 0.15) is 17.5 Å². The molecular formula is C11H8N4O3. The third kappa shape index (κ3) is 1.94. The van der Waals surface area contributed by atoms with Crippen LogP contribution in [0.2, 0.25) is 0 Å². The first-order valence-corrected chi connectivity index (χ1v) is 4.89. The maximum absolute atomic E-state index is 11.8. The number of hydrogen-bond donors (Lipinski definition) is 4. The molecule has 0 bridgehead atoms. The second-order valence-corrected chi connectivity index (χ2v) is 3.40. The van der Waals surface area contributed by atoms with Crippen molar-refractivity contribution >= 4 is 11.7 Å². The van der Waals surface area contributed by atoms with Gasteiger partial charge in [0.25, 0.3) is 5.91 Å². The number of nitriles is 1. The monoisotopic (exact) mass is 244 g/mol. The molecule has 1 aromatic heterocycles. The molecule has 4 N–H and O–H groups in total. The van der Waals surface area contributed by atoms with E-state index in [1.165, 1.54) is 24.4 Å². The van der Waals surface area contributed by atoms with Crippen LogP contribution >= 0.6 is 0 Å². The molecule has 90 valence electrons. The van der Waals surface area contributed by atoms with Crippen molar-refractivity contribution in [2.45, 2.75) is 0 Å². The van der Waals surface area contributed by atoms with Crippen molar-refractivity contribution < 1.29 is 15.0 Å². The highest BCUT2D eigenvalue weighted by atomic mass is 16.3. The Morgan fingerprint density at radius 3 is 2.94 bits per heavy atom. The Labute approximate surface area is 101 Å². The van der Waals surface area contributed by atoms with Crippen LogP contribution in [0.4, 0.5) is 5.82 Å². The maximum Gasteiger partial charge on any atom is 0.260 e. The van der Waals surface area contributed by atoms with Crippen molar-refractivity contribution in [1.29, 1.82) is 5.26 Å². The Hall–Kier alpha value is -3.01. The highest BCUT2D eigenvalue weighted by Gasteiger charge is 2.16. The molecular weight excluding hydrogens is 236 g/mol. The number of aromatic nitrogens is 2. The lowest BCUT2D eigenvalue weighted by atomic mass is 10.1. The maximum atomic E-state index is 11.8. The number of nitrogens with zero attached hydrogens (tertiary/aromatic N) is 2. The number of nitrogens with one attached hydrogen (secondary N) is 2. The minimum Gasteiger partial charge on any atom is -0.504 e. The van der Waals surface area contributed by atoms with Crippen molar-refractivity contribution in [3.8, 4) is 17.6 Å². The largest absolute Gasteiger partial charge is 0.504 e. The fourth-order valence-electron chi connectivity index (χ4n) is 1.36. The van der Waals surface area contributed by atoms with Gasteiger partial charge in [-0.25, -0.2) is 0 Å². The summed E-state index contributed by atoms with van der Waals surface area (Å²) in [6.07, 6.45) is 1.26. The summed E-state index contributed by atoms with van der Waals surface area (Å²) < 4.78 is 0. The molecule has 2 rings (SSSR count). The first kappa shape index (κ1) is 11.5. The summed E-state index contributed by atoms with van der Waals surface area (Å²) in [5, 5.41) is 36.0. The predicted octanol–water partition coefficient (Wildman–Crippen LogP) is 0.945. The number of phenols is 2. The SMILES string of the molecule is N#Cc1cn[nH]c1NC(=O)c1cccc(O)c1O. The number of rotatable bonds is 2. The van der Waals surface area contributed by atoms with E-state index in [0.717, 1.165) is 0 Å². The molecule has 0 saturated heterocycles. The third-order valence-corrected chi connectivity index (χ3v) is 2.26. The zero-order chi connectivity index (χ0) is 13.1. The molecule has 0 aliphatic rings. The molecule has 0 radical (unpaired) electrons. The molecule has 2 aromatic rings. The Kier molecular flexibility index (Phi) is 2.85. The summed E-state index contributed by atoms with van der Waals surface area (Å²) in [6.45, 7) is 0. The molecule has 1 heterocycles. The normalized spacial score (nSPS) is 9.72. The van der Waals surface area contributed by atoms with Gasteiger partial charge < -0.3 is 15.5 Å². The number of carbonyl (C=O) groups is 1. The molecule has 0 aliphatic carbocycles. The molecule has 1 aromatic carbocycles. The summed E-state index contributed by atoms with van der Waals surface area (Å²) in [5.74, 6) is -1.45. The van der Waals surface area contributed by atoms with E-state index < -0.39 is 17.4 Å². The van der Waals surface area contributed by atoms with Crippen molar-refractivity contribution in [2.75, 3.05) is 5.32 Å². The smallest absolute Gasteiger partial charge is 0.260 e. The molecule has 0 spiro atoms. The lowest BCUT2D eigenvalue weighted by molar-refractivity contribution is 0.102. The Balaban J connectivity index is 2.29. The van der Waals surface area contributed by atoms with Crippen LogP contribution in [0.1, 0.15) is 15.9 Å². The van der Waals surface area contributed by atoms with Gasteiger partial charge in [0, 0.05) is 0 Å². The van der Waals surface area contributed by atoms with Crippen LogP contribution in [0.15, 0.2) is 24.4 Å². The fourth-order valence-corrected chi connectivity index (χ4v) is 1.36. The molecule has 0 aliphatic heterocycles. The van der Waals surface area contributed by atoms with Crippen LogP contribution < -0.4 is 5.32 Å². The van der Waals surface area contributed by atoms with E-state index in [1.54, 1.807) is 0 Å². The van der Waals surface area contributed by atoms with Crippen molar-refractivity contribution in [2.24, 2.45) is 0 Å². The number of carbonyl (C=O) groups excluding carboxylic acids is 1. The number of benzene rings is 1. The van der Waals surface area contributed by atoms with E-state index in [4.69, 9.17) is 5.26 Å². The summed E-state index contributed by atoms with van der Waals surface area (Å²) in [7, 11) is 0. The van der Waals surface area contributed by atoms with E-state index in [9.17, 15) is 15.0 Å². The fraction of sp³-hybridized carbons (Fsp3) is 0. The predicted molar refractivity (Wildman–Crippen MR) is 61.0 cm³/mol. The van der Waals surface area contributed by atoms with Crippen LogP contribution in [0.5, 0.6) is 11.5 Å². The first-order valence-electron chi connectivity index (χ1n) is 4.89. The molecule has 0 atom stereocenters. The molecule has 7 heteroatoms. The van der Waals surface area contributed by atoms with Gasteiger partial charge >= 0.3 is 0 Å². The number of amides is 1. The summed E-state index contributed by atoms with van der Waals surface area (Å²) in [5.41, 5.74) is 0.0662. The van der Waals surface area contributed by atoms with Crippen LogP contribution in [0, 0.1) is 11.3 Å². The van der Waals surface area contributed by atoms with Crippen molar-refractivity contribution in [3.05, 3.63) is 35.5 Å². The summed E-state index contributed by atoms with van der Waals surface area (Å²) in [6, 6.07) is 5.85. The molecule has 0 fully saturated rings. The zero-order valence-corrected chi connectivity index (χ0v) is 9.01. The third-order valence-electron chi connectivity index (χ3n) is 2.26. The van der Waals surface area contributed by atoms with E-state index in [1.807, 2.05) is 6.07 Å².